The Bertz CT molecular complexity index is 815. The second-order valence-corrected chi connectivity index (χ2v) is 7.39. The topological polar surface area (TPSA) is 65.9 Å². The number of benzene rings is 2. The van der Waals surface area contributed by atoms with E-state index in [0.29, 0.717) is 12.0 Å². The van der Waals surface area contributed by atoms with Crippen LogP contribution in [-0.4, -0.2) is 44.5 Å². The molecule has 0 unspecified atom stereocenters. The molecule has 1 fully saturated rings. The van der Waals surface area contributed by atoms with Gasteiger partial charge in [-0.15, -0.1) is 0 Å². The summed E-state index contributed by atoms with van der Waals surface area (Å²) in [5.41, 5.74) is 8.81. The molecule has 2 aromatic carbocycles. The Labute approximate surface area is 166 Å². The Kier molecular flexibility index (Phi) is 6.66. The number of rotatable bonds is 5. The van der Waals surface area contributed by atoms with Gasteiger partial charge < -0.3 is 9.80 Å². The first-order valence-corrected chi connectivity index (χ1v) is 9.83. The molecule has 1 aliphatic rings. The summed E-state index contributed by atoms with van der Waals surface area (Å²) in [5, 5.41) is 0. The Morgan fingerprint density at radius 1 is 1.00 bits per heavy atom. The highest BCUT2D eigenvalue weighted by Gasteiger charge is 2.20. The third-order valence-corrected chi connectivity index (χ3v) is 5.25. The maximum Gasteiger partial charge on any atom is 0.269 e. The summed E-state index contributed by atoms with van der Waals surface area (Å²) in [7, 11) is 0. The molecule has 2 aromatic rings. The van der Waals surface area contributed by atoms with Crippen LogP contribution in [0.5, 0.6) is 0 Å². The number of hydrogen-bond donors (Lipinski definition) is 3. The van der Waals surface area contributed by atoms with Gasteiger partial charge in [-0.05, 0) is 37.6 Å². The van der Waals surface area contributed by atoms with Crippen molar-refractivity contribution in [3.05, 3.63) is 65.2 Å². The molecule has 1 aliphatic heterocycles. The van der Waals surface area contributed by atoms with Crippen molar-refractivity contribution in [3.63, 3.8) is 0 Å². The van der Waals surface area contributed by atoms with Crippen molar-refractivity contribution in [2.75, 3.05) is 37.6 Å². The standard InChI is InChI=1S/C22H28N4O2/c1-17-8-9-18(2)20(16-17)22(28)24-23-21(27)10-11-25-12-14-26(15-13-25)19-6-4-3-5-7-19/h3-9,16H,10-15H2,1-2H3,(H,23,27)(H,24,28)/p+1. The van der Waals surface area contributed by atoms with Gasteiger partial charge in [-0.2, -0.15) is 0 Å². The van der Waals surface area contributed by atoms with Crippen molar-refractivity contribution in [1.82, 2.24) is 10.9 Å². The first-order chi connectivity index (χ1) is 13.5. The van der Waals surface area contributed by atoms with Crippen LogP contribution in [0.15, 0.2) is 48.5 Å². The van der Waals surface area contributed by atoms with Crippen LogP contribution in [0.4, 0.5) is 5.69 Å². The van der Waals surface area contributed by atoms with E-state index in [2.05, 4.69) is 40.0 Å². The third kappa shape index (κ3) is 5.33. The summed E-state index contributed by atoms with van der Waals surface area (Å²) < 4.78 is 0. The molecule has 6 heteroatoms. The number of amides is 2. The van der Waals surface area contributed by atoms with E-state index in [-0.39, 0.29) is 11.8 Å². The Morgan fingerprint density at radius 3 is 2.43 bits per heavy atom. The van der Waals surface area contributed by atoms with Crippen LogP contribution in [-0.2, 0) is 4.79 Å². The van der Waals surface area contributed by atoms with E-state index >= 15 is 0 Å². The summed E-state index contributed by atoms with van der Waals surface area (Å²) >= 11 is 0. The molecular formula is C22H29N4O2+. The molecule has 3 N–H and O–H groups in total. The smallest absolute Gasteiger partial charge is 0.269 e. The Balaban J connectivity index is 1.38. The maximum atomic E-state index is 12.3. The summed E-state index contributed by atoms with van der Waals surface area (Å²) in [6, 6.07) is 16.1. The zero-order valence-electron chi connectivity index (χ0n) is 16.6. The van der Waals surface area contributed by atoms with E-state index in [4.69, 9.17) is 0 Å². The van der Waals surface area contributed by atoms with Gasteiger partial charge in [0.2, 0.25) is 5.91 Å². The lowest BCUT2D eigenvalue weighted by Gasteiger charge is -2.33. The highest BCUT2D eigenvalue weighted by Crippen LogP contribution is 2.12. The van der Waals surface area contributed by atoms with E-state index in [9.17, 15) is 9.59 Å². The molecule has 148 valence electrons. The van der Waals surface area contributed by atoms with Crippen molar-refractivity contribution in [1.29, 1.82) is 0 Å². The summed E-state index contributed by atoms with van der Waals surface area (Å²) in [4.78, 5) is 28.2. The van der Waals surface area contributed by atoms with Gasteiger partial charge >= 0.3 is 0 Å². The second-order valence-electron chi connectivity index (χ2n) is 7.39. The number of nitrogens with one attached hydrogen (secondary N) is 3. The molecule has 2 amide bonds. The number of quaternary nitrogens is 1. The SMILES string of the molecule is Cc1ccc(C)c(C(=O)NNC(=O)CC[NH+]2CCN(c3ccccc3)CC2)c1. The molecule has 3 rings (SSSR count). The number of nitrogens with zero attached hydrogens (tertiary/aromatic N) is 1. The fourth-order valence-electron chi connectivity index (χ4n) is 3.50. The van der Waals surface area contributed by atoms with Crippen LogP contribution in [0.1, 0.15) is 27.9 Å². The van der Waals surface area contributed by atoms with Gasteiger partial charge in [0.25, 0.3) is 5.91 Å². The molecule has 1 heterocycles. The first kappa shape index (κ1) is 19.9. The lowest BCUT2D eigenvalue weighted by molar-refractivity contribution is -0.900. The fraction of sp³-hybridized carbons (Fsp3) is 0.364. The molecule has 0 aromatic heterocycles. The number of aryl methyl sites for hydroxylation is 2. The van der Waals surface area contributed by atoms with Crippen molar-refractivity contribution in [2.45, 2.75) is 20.3 Å². The van der Waals surface area contributed by atoms with Gasteiger partial charge in [0.1, 0.15) is 0 Å². The molecule has 0 saturated carbocycles. The van der Waals surface area contributed by atoms with Crippen LogP contribution >= 0.6 is 0 Å². The van der Waals surface area contributed by atoms with Gasteiger partial charge in [-0.3, -0.25) is 20.4 Å². The van der Waals surface area contributed by atoms with Crippen LogP contribution in [0.25, 0.3) is 0 Å². The lowest BCUT2D eigenvalue weighted by Crippen LogP contribution is -3.15. The van der Waals surface area contributed by atoms with Crippen LogP contribution in [0.3, 0.4) is 0 Å². The minimum absolute atomic E-state index is 0.156. The Hall–Kier alpha value is -2.86. The number of hydrogen-bond acceptors (Lipinski definition) is 3. The zero-order chi connectivity index (χ0) is 19.9. The fourth-order valence-corrected chi connectivity index (χ4v) is 3.50. The summed E-state index contributed by atoms with van der Waals surface area (Å²) in [6.07, 6.45) is 0.397. The van der Waals surface area contributed by atoms with E-state index in [1.165, 1.54) is 10.6 Å². The van der Waals surface area contributed by atoms with Crippen LogP contribution in [0.2, 0.25) is 0 Å². The number of carbonyl (C=O) groups excluding carboxylic acids is 2. The second kappa shape index (κ2) is 9.37. The van der Waals surface area contributed by atoms with Gasteiger partial charge in [0.15, 0.2) is 0 Å². The lowest BCUT2D eigenvalue weighted by atomic mass is 10.1. The number of carbonyl (C=O) groups is 2. The number of hydrazine groups is 1. The molecule has 0 radical (unpaired) electrons. The normalized spacial score (nSPS) is 14.6. The maximum absolute atomic E-state index is 12.3. The van der Waals surface area contributed by atoms with E-state index < -0.39 is 0 Å². The average molecular weight is 382 g/mol. The Morgan fingerprint density at radius 2 is 1.71 bits per heavy atom. The summed E-state index contributed by atoms with van der Waals surface area (Å²) in [5.74, 6) is -0.435. The van der Waals surface area contributed by atoms with Crippen LogP contribution in [0, 0.1) is 13.8 Å². The molecule has 0 bridgehead atoms. The van der Waals surface area contributed by atoms with Crippen molar-refractivity contribution in [2.24, 2.45) is 0 Å². The summed E-state index contributed by atoms with van der Waals surface area (Å²) in [6.45, 7) is 8.60. The highest BCUT2D eigenvalue weighted by molar-refractivity contribution is 5.96. The van der Waals surface area contributed by atoms with Crippen molar-refractivity contribution < 1.29 is 14.5 Å². The average Bonchev–Trinajstić information content (AvgIpc) is 2.73. The molecule has 0 spiro atoms. The van der Waals surface area contributed by atoms with Gasteiger partial charge in [-0.1, -0.05) is 35.9 Å². The van der Waals surface area contributed by atoms with Crippen LogP contribution < -0.4 is 20.7 Å². The number of piperazine rings is 1. The highest BCUT2D eigenvalue weighted by atomic mass is 16.2. The predicted octanol–water partition coefficient (Wildman–Crippen LogP) is 0.860. The van der Waals surface area contributed by atoms with Crippen molar-refractivity contribution >= 4 is 17.5 Å². The van der Waals surface area contributed by atoms with Crippen molar-refractivity contribution in [3.8, 4) is 0 Å². The van der Waals surface area contributed by atoms with Gasteiger partial charge in [0, 0.05) is 11.3 Å². The van der Waals surface area contributed by atoms with Gasteiger partial charge in [0.05, 0.1) is 39.1 Å². The van der Waals surface area contributed by atoms with E-state index in [0.717, 1.165) is 43.9 Å². The number of anilines is 1. The molecule has 28 heavy (non-hydrogen) atoms. The minimum Gasteiger partial charge on any atom is -0.360 e. The molecule has 0 atom stereocenters. The predicted molar refractivity (Wildman–Crippen MR) is 110 cm³/mol. The third-order valence-electron chi connectivity index (χ3n) is 5.25. The largest absolute Gasteiger partial charge is 0.360 e. The quantitative estimate of drug-likeness (QED) is 0.673. The monoisotopic (exact) mass is 381 g/mol. The molecule has 6 nitrogen and oxygen atoms in total. The molecule has 1 saturated heterocycles. The minimum atomic E-state index is -0.279. The van der Waals surface area contributed by atoms with Gasteiger partial charge in [-0.25, -0.2) is 0 Å². The first-order valence-electron chi connectivity index (χ1n) is 9.83. The zero-order valence-corrected chi connectivity index (χ0v) is 16.6. The number of para-hydroxylation sites is 1. The van der Waals surface area contributed by atoms with E-state index in [1.54, 1.807) is 0 Å². The van der Waals surface area contributed by atoms with E-state index in [1.807, 2.05) is 38.1 Å². The molecule has 0 aliphatic carbocycles. The molecular weight excluding hydrogens is 352 g/mol.